The quantitative estimate of drug-likeness (QED) is 0.565. The summed E-state index contributed by atoms with van der Waals surface area (Å²) < 4.78 is 0. The molecule has 2 saturated heterocycles. The first-order valence-corrected chi connectivity index (χ1v) is 4.92. The third-order valence-electron chi connectivity index (χ3n) is 3.16. The highest BCUT2D eigenvalue weighted by atomic mass is 16.2. The van der Waals surface area contributed by atoms with E-state index < -0.39 is 0 Å². The van der Waals surface area contributed by atoms with Gasteiger partial charge in [-0.25, -0.2) is 0 Å². The van der Waals surface area contributed by atoms with Crippen LogP contribution in [0.2, 0.25) is 0 Å². The number of carbonyl (C=O) groups is 1. The fourth-order valence-electron chi connectivity index (χ4n) is 2.18. The zero-order chi connectivity index (χ0) is 9.47. The van der Waals surface area contributed by atoms with Gasteiger partial charge in [0.05, 0.1) is 6.04 Å². The summed E-state index contributed by atoms with van der Waals surface area (Å²) in [4.78, 5) is 13.4. The molecule has 0 aromatic rings. The molecule has 2 aliphatic rings. The van der Waals surface area contributed by atoms with E-state index in [1.54, 1.807) is 6.92 Å². The van der Waals surface area contributed by atoms with Gasteiger partial charge in [0.1, 0.15) is 0 Å². The first kappa shape index (κ1) is 8.97. The van der Waals surface area contributed by atoms with Crippen LogP contribution in [0.5, 0.6) is 0 Å². The molecule has 3 N–H and O–H groups in total. The van der Waals surface area contributed by atoms with Crippen LogP contribution < -0.4 is 11.1 Å². The molecule has 74 valence electrons. The molecular weight excluding hydrogens is 166 g/mol. The molecule has 13 heavy (non-hydrogen) atoms. The summed E-state index contributed by atoms with van der Waals surface area (Å²) in [6.45, 7) is 4.57. The molecular formula is C9H17N3O. The van der Waals surface area contributed by atoms with Crippen molar-refractivity contribution >= 4 is 5.91 Å². The Morgan fingerprint density at radius 2 is 2.31 bits per heavy atom. The maximum atomic E-state index is 11.5. The van der Waals surface area contributed by atoms with Crippen LogP contribution in [-0.2, 0) is 4.79 Å². The van der Waals surface area contributed by atoms with E-state index in [1.807, 2.05) is 4.90 Å². The number of likely N-dealkylation sites (tertiary alicyclic amines) is 1. The van der Waals surface area contributed by atoms with Crippen molar-refractivity contribution in [1.82, 2.24) is 10.2 Å². The van der Waals surface area contributed by atoms with E-state index in [0.29, 0.717) is 0 Å². The lowest BCUT2D eigenvalue weighted by Crippen LogP contribution is -2.59. The predicted molar refractivity (Wildman–Crippen MR) is 50.2 cm³/mol. The molecule has 2 aliphatic heterocycles. The van der Waals surface area contributed by atoms with Crippen LogP contribution in [0.25, 0.3) is 0 Å². The monoisotopic (exact) mass is 183 g/mol. The van der Waals surface area contributed by atoms with Crippen molar-refractivity contribution in [2.45, 2.75) is 31.3 Å². The number of hydrogen-bond acceptors (Lipinski definition) is 3. The summed E-state index contributed by atoms with van der Waals surface area (Å²) in [6.07, 6.45) is 2.29. The van der Waals surface area contributed by atoms with Gasteiger partial charge in [-0.1, -0.05) is 0 Å². The third-order valence-corrected chi connectivity index (χ3v) is 3.16. The maximum absolute atomic E-state index is 11.5. The summed E-state index contributed by atoms with van der Waals surface area (Å²) in [6, 6.07) is -0.352. The fourth-order valence-corrected chi connectivity index (χ4v) is 2.18. The summed E-state index contributed by atoms with van der Waals surface area (Å²) in [5, 5.41) is 3.41. The number of rotatable bonds is 1. The van der Waals surface area contributed by atoms with Gasteiger partial charge in [-0.3, -0.25) is 4.79 Å². The molecule has 0 aromatic heterocycles. The maximum Gasteiger partial charge on any atom is 0.239 e. The van der Waals surface area contributed by atoms with Crippen LogP contribution >= 0.6 is 0 Å². The van der Waals surface area contributed by atoms with Gasteiger partial charge in [-0.2, -0.15) is 0 Å². The smallest absolute Gasteiger partial charge is 0.239 e. The lowest BCUT2D eigenvalue weighted by molar-refractivity contribution is -0.131. The number of nitrogens with one attached hydrogen (secondary N) is 1. The van der Waals surface area contributed by atoms with Gasteiger partial charge >= 0.3 is 0 Å². The second kappa shape index (κ2) is 2.96. The van der Waals surface area contributed by atoms with E-state index in [9.17, 15) is 4.79 Å². The molecule has 4 heteroatoms. The Morgan fingerprint density at radius 1 is 1.62 bits per heavy atom. The fraction of sp³-hybridized carbons (Fsp3) is 0.889. The molecule has 0 bridgehead atoms. The van der Waals surface area contributed by atoms with Crippen molar-refractivity contribution < 1.29 is 4.79 Å². The molecule has 0 aromatic carbocycles. The van der Waals surface area contributed by atoms with Crippen LogP contribution in [0.15, 0.2) is 0 Å². The van der Waals surface area contributed by atoms with Crippen LogP contribution in [-0.4, -0.2) is 42.0 Å². The topological polar surface area (TPSA) is 58.4 Å². The Kier molecular flexibility index (Phi) is 2.04. The molecule has 4 nitrogen and oxygen atoms in total. The molecule has 1 spiro atoms. The van der Waals surface area contributed by atoms with Crippen molar-refractivity contribution in [3.63, 3.8) is 0 Å². The molecule has 2 fully saturated rings. The number of nitrogens with zero attached hydrogens (tertiary/aromatic N) is 1. The molecule has 2 heterocycles. The number of hydrogen-bond donors (Lipinski definition) is 2. The van der Waals surface area contributed by atoms with E-state index in [-0.39, 0.29) is 17.5 Å². The summed E-state index contributed by atoms with van der Waals surface area (Å²) in [5.41, 5.74) is 5.81. The standard InChI is InChI=1S/C9H17N3O/c1-7(10)8(13)12-5-3-9(6-12)2-4-11-9/h7,11H,2-6,10H2,1H3/t7-,9-/m0/s1. The van der Waals surface area contributed by atoms with E-state index in [1.165, 1.54) is 6.42 Å². The SMILES string of the molecule is C[C@H](N)C(=O)N1CC[C@@]2(CCN2)C1. The van der Waals surface area contributed by atoms with E-state index in [2.05, 4.69) is 5.32 Å². The van der Waals surface area contributed by atoms with Crippen LogP contribution in [0, 0.1) is 0 Å². The van der Waals surface area contributed by atoms with E-state index >= 15 is 0 Å². The predicted octanol–water partition coefficient (Wildman–Crippen LogP) is -0.702. The molecule has 0 radical (unpaired) electrons. The largest absolute Gasteiger partial charge is 0.339 e. The van der Waals surface area contributed by atoms with Crippen molar-refractivity contribution in [3.8, 4) is 0 Å². The summed E-state index contributed by atoms with van der Waals surface area (Å²) in [7, 11) is 0. The molecule has 2 rings (SSSR count). The van der Waals surface area contributed by atoms with E-state index in [4.69, 9.17) is 5.73 Å². The van der Waals surface area contributed by atoms with Crippen molar-refractivity contribution in [2.75, 3.05) is 19.6 Å². The first-order valence-electron chi connectivity index (χ1n) is 4.92. The molecule has 0 saturated carbocycles. The molecule has 1 amide bonds. The lowest BCUT2D eigenvalue weighted by atomic mass is 9.87. The van der Waals surface area contributed by atoms with Gasteiger partial charge in [-0.05, 0) is 26.3 Å². The Hall–Kier alpha value is -0.610. The highest BCUT2D eigenvalue weighted by Gasteiger charge is 2.44. The van der Waals surface area contributed by atoms with Gasteiger partial charge in [0, 0.05) is 18.6 Å². The minimum absolute atomic E-state index is 0.0885. The third kappa shape index (κ3) is 1.44. The zero-order valence-corrected chi connectivity index (χ0v) is 8.05. The molecule has 0 aliphatic carbocycles. The second-order valence-corrected chi connectivity index (χ2v) is 4.26. The Morgan fingerprint density at radius 3 is 2.69 bits per heavy atom. The van der Waals surface area contributed by atoms with Crippen molar-refractivity contribution in [1.29, 1.82) is 0 Å². The number of nitrogens with two attached hydrogens (primary N) is 1. The van der Waals surface area contributed by atoms with Crippen LogP contribution in [0.1, 0.15) is 19.8 Å². The van der Waals surface area contributed by atoms with Crippen molar-refractivity contribution in [3.05, 3.63) is 0 Å². The van der Waals surface area contributed by atoms with Gasteiger partial charge < -0.3 is 16.0 Å². The highest BCUT2D eigenvalue weighted by molar-refractivity contribution is 5.81. The minimum atomic E-state index is -0.352. The van der Waals surface area contributed by atoms with E-state index in [0.717, 1.165) is 26.1 Å². The van der Waals surface area contributed by atoms with Gasteiger partial charge in [0.25, 0.3) is 0 Å². The average Bonchev–Trinajstić information content (AvgIpc) is 2.45. The van der Waals surface area contributed by atoms with Crippen molar-refractivity contribution in [2.24, 2.45) is 5.73 Å². The van der Waals surface area contributed by atoms with Gasteiger partial charge in [0.2, 0.25) is 5.91 Å². The lowest BCUT2D eigenvalue weighted by Gasteiger charge is -2.39. The number of amides is 1. The Bertz CT molecular complexity index is 223. The first-order chi connectivity index (χ1) is 6.13. The Balaban J connectivity index is 1.94. The molecule has 0 unspecified atom stereocenters. The van der Waals surface area contributed by atoms with Crippen LogP contribution in [0.3, 0.4) is 0 Å². The average molecular weight is 183 g/mol. The normalized spacial score (nSPS) is 34.8. The van der Waals surface area contributed by atoms with Crippen LogP contribution in [0.4, 0.5) is 0 Å². The zero-order valence-electron chi connectivity index (χ0n) is 8.05. The summed E-state index contributed by atoms with van der Waals surface area (Å²) >= 11 is 0. The highest BCUT2D eigenvalue weighted by Crippen LogP contribution is 2.30. The Labute approximate surface area is 78.5 Å². The van der Waals surface area contributed by atoms with Gasteiger partial charge in [-0.15, -0.1) is 0 Å². The van der Waals surface area contributed by atoms with Gasteiger partial charge in [0.15, 0.2) is 0 Å². The minimum Gasteiger partial charge on any atom is -0.339 e. The second-order valence-electron chi connectivity index (χ2n) is 4.26. The number of carbonyl (C=O) groups excluding carboxylic acids is 1. The molecule has 2 atom stereocenters. The summed E-state index contributed by atoms with van der Waals surface area (Å²) in [5.74, 6) is 0.0885.